The van der Waals surface area contributed by atoms with Crippen molar-refractivity contribution in [1.82, 2.24) is 19.8 Å². The van der Waals surface area contributed by atoms with Crippen LogP contribution in [-0.2, 0) is 26.6 Å². The van der Waals surface area contributed by atoms with Crippen molar-refractivity contribution in [2.75, 3.05) is 13.1 Å². The first kappa shape index (κ1) is 14.3. The van der Waals surface area contributed by atoms with Gasteiger partial charge in [0, 0.05) is 45.5 Å². The van der Waals surface area contributed by atoms with Gasteiger partial charge in [-0.25, -0.2) is 4.98 Å². The molecule has 112 valence electrons. The molecule has 0 spiro atoms. The van der Waals surface area contributed by atoms with Crippen LogP contribution in [0.3, 0.4) is 0 Å². The molecule has 1 N–H and O–H groups in total. The molecule has 0 unspecified atom stereocenters. The Balaban J connectivity index is 1.50. The summed E-state index contributed by atoms with van der Waals surface area (Å²) in [6, 6.07) is 9.36. The van der Waals surface area contributed by atoms with Crippen LogP contribution in [0.1, 0.15) is 23.7 Å². The first-order chi connectivity index (χ1) is 10.2. The monoisotopic (exact) mass is 284 g/mol. The van der Waals surface area contributed by atoms with Gasteiger partial charge in [-0.05, 0) is 24.5 Å². The Kier molecular flexibility index (Phi) is 4.36. The molecular formula is C17H24N4. The van der Waals surface area contributed by atoms with Crippen LogP contribution >= 0.6 is 0 Å². The summed E-state index contributed by atoms with van der Waals surface area (Å²) in [5.74, 6) is 0. The van der Waals surface area contributed by atoms with E-state index in [1.54, 1.807) is 0 Å². The molecule has 0 bridgehead atoms. The summed E-state index contributed by atoms with van der Waals surface area (Å²) in [4.78, 5) is 6.71. The Morgan fingerprint density at radius 1 is 1.29 bits per heavy atom. The SMILES string of the molecule is C[C@H](CNCc1cncn1C)N1CCc2ccccc2C1. The van der Waals surface area contributed by atoms with Gasteiger partial charge in [0.05, 0.1) is 12.0 Å². The normalized spacial score (nSPS) is 16.7. The lowest BCUT2D eigenvalue weighted by molar-refractivity contribution is 0.186. The molecule has 4 nitrogen and oxygen atoms in total. The minimum absolute atomic E-state index is 0.548. The summed E-state index contributed by atoms with van der Waals surface area (Å²) < 4.78 is 2.06. The third kappa shape index (κ3) is 3.34. The largest absolute Gasteiger partial charge is 0.337 e. The molecular weight excluding hydrogens is 260 g/mol. The van der Waals surface area contributed by atoms with E-state index in [-0.39, 0.29) is 0 Å². The lowest BCUT2D eigenvalue weighted by atomic mass is 9.99. The van der Waals surface area contributed by atoms with Crippen LogP contribution in [0.5, 0.6) is 0 Å². The van der Waals surface area contributed by atoms with Crippen LogP contribution in [0.2, 0.25) is 0 Å². The smallest absolute Gasteiger partial charge is 0.0945 e. The first-order valence-corrected chi connectivity index (χ1v) is 7.71. The summed E-state index contributed by atoms with van der Waals surface area (Å²) in [5.41, 5.74) is 4.23. The second-order valence-electron chi connectivity index (χ2n) is 5.96. The van der Waals surface area contributed by atoms with Gasteiger partial charge in [-0.1, -0.05) is 24.3 Å². The highest BCUT2D eigenvalue weighted by molar-refractivity contribution is 5.29. The van der Waals surface area contributed by atoms with Crippen molar-refractivity contribution in [3.05, 3.63) is 53.6 Å². The lowest BCUT2D eigenvalue weighted by Gasteiger charge is -2.33. The number of aromatic nitrogens is 2. The van der Waals surface area contributed by atoms with Crippen molar-refractivity contribution in [1.29, 1.82) is 0 Å². The van der Waals surface area contributed by atoms with E-state index in [2.05, 4.69) is 51.0 Å². The van der Waals surface area contributed by atoms with Crippen molar-refractivity contribution in [2.24, 2.45) is 7.05 Å². The van der Waals surface area contributed by atoms with E-state index in [4.69, 9.17) is 0 Å². The molecule has 4 heteroatoms. The van der Waals surface area contributed by atoms with Crippen molar-refractivity contribution in [2.45, 2.75) is 32.5 Å². The summed E-state index contributed by atoms with van der Waals surface area (Å²) in [5, 5.41) is 3.55. The molecule has 1 aromatic heterocycles. The topological polar surface area (TPSA) is 33.1 Å². The van der Waals surface area contributed by atoms with Gasteiger partial charge in [0.2, 0.25) is 0 Å². The molecule has 0 amide bonds. The van der Waals surface area contributed by atoms with Crippen molar-refractivity contribution >= 4 is 0 Å². The number of nitrogens with one attached hydrogen (secondary N) is 1. The zero-order valence-corrected chi connectivity index (χ0v) is 12.9. The Labute approximate surface area is 126 Å². The van der Waals surface area contributed by atoms with E-state index < -0.39 is 0 Å². The number of hydrogen-bond donors (Lipinski definition) is 1. The highest BCUT2D eigenvalue weighted by atomic mass is 15.2. The molecule has 1 atom stereocenters. The number of benzene rings is 1. The maximum absolute atomic E-state index is 4.15. The van der Waals surface area contributed by atoms with Crippen molar-refractivity contribution in [3.8, 4) is 0 Å². The zero-order valence-electron chi connectivity index (χ0n) is 12.9. The predicted octanol–water partition coefficient (Wildman–Crippen LogP) is 1.96. The number of fused-ring (bicyclic) bond motifs is 1. The molecule has 1 aromatic carbocycles. The van der Waals surface area contributed by atoms with Gasteiger partial charge in [-0.15, -0.1) is 0 Å². The molecule has 0 saturated carbocycles. The molecule has 2 heterocycles. The van der Waals surface area contributed by atoms with Crippen LogP contribution < -0.4 is 5.32 Å². The van der Waals surface area contributed by atoms with Gasteiger partial charge in [0.1, 0.15) is 0 Å². The van der Waals surface area contributed by atoms with E-state index in [0.29, 0.717) is 6.04 Å². The number of aryl methyl sites for hydroxylation is 1. The number of imidazole rings is 1. The second-order valence-corrected chi connectivity index (χ2v) is 5.96. The average Bonchev–Trinajstić information content (AvgIpc) is 2.92. The van der Waals surface area contributed by atoms with Gasteiger partial charge < -0.3 is 9.88 Å². The fourth-order valence-electron chi connectivity index (χ4n) is 2.99. The number of rotatable bonds is 5. The van der Waals surface area contributed by atoms with Gasteiger partial charge in [0.25, 0.3) is 0 Å². The van der Waals surface area contributed by atoms with Gasteiger partial charge in [-0.2, -0.15) is 0 Å². The molecule has 0 aliphatic carbocycles. The second kappa shape index (κ2) is 6.41. The van der Waals surface area contributed by atoms with Crippen LogP contribution in [0.15, 0.2) is 36.8 Å². The minimum atomic E-state index is 0.548. The standard InChI is InChI=1S/C17H24N4/c1-14(9-18-10-17-11-19-13-20(17)2)21-8-7-15-5-3-4-6-16(15)12-21/h3-6,11,13-14,18H,7-10,12H2,1-2H3/t14-/m1/s1. The minimum Gasteiger partial charge on any atom is -0.337 e. The average molecular weight is 284 g/mol. The fourth-order valence-corrected chi connectivity index (χ4v) is 2.99. The third-order valence-corrected chi connectivity index (χ3v) is 4.45. The quantitative estimate of drug-likeness (QED) is 0.911. The van der Waals surface area contributed by atoms with E-state index in [1.165, 1.54) is 23.2 Å². The Hall–Kier alpha value is -1.65. The van der Waals surface area contributed by atoms with E-state index in [9.17, 15) is 0 Å². The molecule has 2 aromatic rings. The van der Waals surface area contributed by atoms with Crippen LogP contribution in [0.4, 0.5) is 0 Å². The predicted molar refractivity (Wildman–Crippen MR) is 84.9 cm³/mol. The van der Waals surface area contributed by atoms with Crippen molar-refractivity contribution < 1.29 is 0 Å². The zero-order chi connectivity index (χ0) is 14.7. The Morgan fingerprint density at radius 3 is 2.86 bits per heavy atom. The molecule has 1 aliphatic heterocycles. The maximum Gasteiger partial charge on any atom is 0.0945 e. The highest BCUT2D eigenvalue weighted by Crippen LogP contribution is 2.19. The number of nitrogens with zero attached hydrogens (tertiary/aromatic N) is 3. The molecule has 21 heavy (non-hydrogen) atoms. The lowest BCUT2D eigenvalue weighted by Crippen LogP contribution is -2.43. The summed E-state index contributed by atoms with van der Waals surface area (Å²) >= 11 is 0. The summed E-state index contributed by atoms with van der Waals surface area (Å²) in [7, 11) is 2.04. The van der Waals surface area contributed by atoms with Gasteiger partial charge >= 0.3 is 0 Å². The Morgan fingerprint density at radius 2 is 2.10 bits per heavy atom. The molecule has 1 aliphatic rings. The molecule has 0 saturated heterocycles. The number of hydrogen-bond acceptors (Lipinski definition) is 3. The highest BCUT2D eigenvalue weighted by Gasteiger charge is 2.19. The van der Waals surface area contributed by atoms with Gasteiger partial charge in [0.15, 0.2) is 0 Å². The summed E-state index contributed by atoms with van der Waals surface area (Å²) in [6.45, 7) is 6.43. The van der Waals surface area contributed by atoms with E-state index in [0.717, 1.165) is 26.2 Å². The van der Waals surface area contributed by atoms with Crippen LogP contribution in [0, 0.1) is 0 Å². The van der Waals surface area contributed by atoms with Crippen molar-refractivity contribution in [3.63, 3.8) is 0 Å². The Bertz CT molecular complexity index is 590. The van der Waals surface area contributed by atoms with Crippen LogP contribution in [-0.4, -0.2) is 33.6 Å². The van der Waals surface area contributed by atoms with E-state index >= 15 is 0 Å². The maximum atomic E-state index is 4.15. The molecule has 3 rings (SSSR count). The van der Waals surface area contributed by atoms with Gasteiger partial charge in [-0.3, -0.25) is 4.90 Å². The molecule has 0 radical (unpaired) electrons. The summed E-state index contributed by atoms with van der Waals surface area (Å²) in [6.07, 6.45) is 4.94. The van der Waals surface area contributed by atoms with Crippen LogP contribution in [0.25, 0.3) is 0 Å². The first-order valence-electron chi connectivity index (χ1n) is 7.71. The van der Waals surface area contributed by atoms with E-state index in [1.807, 2.05) is 19.6 Å². The fraction of sp³-hybridized carbons (Fsp3) is 0.471. The molecule has 0 fully saturated rings. The third-order valence-electron chi connectivity index (χ3n) is 4.45.